The van der Waals surface area contributed by atoms with Crippen molar-refractivity contribution in [1.29, 1.82) is 0 Å². The number of nitrogens with zero attached hydrogens (tertiary/aromatic N) is 2. The third kappa shape index (κ3) is 6.23. The quantitative estimate of drug-likeness (QED) is 0.627. The van der Waals surface area contributed by atoms with E-state index >= 15 is 0 Å². The fourth-order valence-corrected chi connectivity index (χ4v) is 3.93. The van der Waals surface area contributed by atoms with Crippen LogP contribution in [0, 0.1) is 5.82 Å². The summed E-state index contributed by atoms with van der Waals surface area (Å²) < 4.78 is 13.1. The van der Waals surface area contributed by atoms with Crippen LogP contribution in [0.4, 0.5) is 10.1 Å². The van der Waals surface area contributed by atoms with Crippen LogP contribution in [0.25, 0.3) is 0 Å². The van der Waals surface area contributed by atoms with Crippen molar-refractivity contribution < 1.29 is 9.18 Å². The third-order valence-electron chi connectivity index (χ3n) is 5.65. The molecule has 1 aliphatic rings. The number of carbonyl (C=O) groups excluding carboxylic acids is 1. The predicted octanol–water partition coefficient (Wildman–Crippen LogP) is 4.79. The van der Waals surface area contributed by atoms with E-state index in [1.54, 1.807) is 0 Å². The minimum Gasteiger partial charge on any atom is -0.322 e. The van der Waals surface area contributed by atoms with Crippen LogP contribution in [-0.4, -0.2) is 41.9 Å². The maximum Gasteiger partial charge on any atom is 0.255 e. The molecule has 1 fully saturated rings. The van der Waals surface area contributed by atoms with Crippen LogP contribution in [0.1, 0.15) is 27.9 Å². The topological polar surface area (TPSA) is 35.6 Å². The zero-order valence-electron chi connectivity index (χ0n) is 17.6. The molecule has 1 saturated heterocycles. The summed E-state index contributed by atoms with van der Waals surface area (Å²) in [5, 5.41) is 2.92. The van der Waals surface area contributed by atoms with E-state index in [0.717, 1.165) is 56.9 Å². The van der Waals surface area contributed by atoms with Gasteiger partial charge in [-0.3, -0.25) is 14.6 Å². The summed E-state index contributed by atoms with van der Waals surface area (Å²) in [5.41, 5.74) is 3.82. The molecule has 4 rings (SSSR count). The lowest BCUT2D eigenvalue weighted by Crippen LogP contribution is -2.30. The van der Waals surface area contributed by atoms with Gasteiger partial charge in [-0.1, -0.05) is 42.5 Å². The van der Waals surface area contributed by atoms with Crippen molar-refractivity contribution in [3.8, 4) is 0 Å². The van der Waals surface area contributed by atoms with Gasteiger partial charge < -0.3 is 5.32 Å². The zero-order chi connectivity index (χ0) is 21.5. The van der Waals surface area contributed by atoms with Gasteiger partial charge in [0.25, 0.3) is 5.91 Å². The van der Waals surface area contributed by atoms with E-state index in [9.17, 15) is 9.18 Å². The molecule has 1 aliphatic heterocycles. The lowest BCUT2D eigenvalue weighted by molar-refractivity contribution is 0.102. The maximum absolute atomic E-state index is 13.1. The van der Waals surface area contributed by atoms with E-state index < -0.39 is 0 Å². The van der Waals surface area contributed by atoms with Gasteiger partial charge in [-0.05, 0) is 67.0 Å². The fourth-order valence-electron chi connectivity index (χ4n) is 3.93. The van der Waals surface area contributed by atoms with Gasteiger partial charge in [0.2, 0.25) is 0 Å². The average Bonchev–Trinajstić information content (AvgIpc) is 3.01. The number of anilines is 1. The van der Waals surface area contributed by atoms with E-state index in [0.29, 0.717) is 5.56 Å². The lowest BCUT2D eigenvalue weighted by atomic mass is 10.1. The second kappa shape index (κ2) is 10.3. The van der Waals surface area contributed by atoms with Crippen molar-refractivity contribution >= 4 is 11.6 Å². The lowest BCUT2D eigenvalue weighted by Gasteiger charge is -2.22. The summed E-state index contributed by atoms with van der Waals surface area (Å²) >= 11 is 0. The molecule has 160 valence electrons. The number of carbonyl (C=O) groups is 1. The largest absolute Gasteiger partial charge is 0.322 e. The van der Waals surface area contributed by atoms with Crippen molar-refractivity contribution in [3.05, 3.63) is 101 Å². The Bertz CT molecular complexity index is 974. The van der Waals surface area contributed by atoms with Crippen LogP contribution in [0.5, 0.6) is 0 Å². The second-order valence-corrected chi connectivity index (χ2v) is 8.05. The van der Waals surface area contributed by atoms with E-state index in [4.69, 9.17) is 0 Å². The molecular formula is C26H28FN3O. The Morgan fingerprint density at radius 1 is 0.742 bits per heavy atom. The molecule has 31 heavy (non-hydrogen) atoms. The Balaban J connectivity index is 1.28. The van der Waals surface area contributed by atoms with Crippen LogP contribution >= 0.6 is 0 Å². The van der Waals surface area contributed by atoms with E-state index in [-0.39, 0.29) is 11.7 Å². The molecule has 0 unspecified atom stereocenters. The highest BCUT2D eigenvalue weighted by atomic mass is 19.1. The first-order chi connectivity index (χ1) is 15.2. The third-order valence-corrected chi connectivity index (χ3v) is 5.65. The van der Waals surface area contributed by atoms with Gasteiger partial charge >= 0.3 is 0 Å². The molecule has 0 spiro atoms. The number of hydrogen-bond acceptors (Lipinski definition) is 3. The average molecular weight is 418 g/mol. The first-order valence-corrected chi connectivity index (χ1v) is 10.8. The summed E-state index contributed by atoms with van der Waals surface area (Å²) in [6.45, 7) is 5.83. The minimum absolute atomic E-state index is 0.0936. The molecule has 0 aromatic heterocycles. The zero-order valence-corrected chi connectivity index (χ0v) is 17.6. The molecule has 4 nitrogen and oxygen atoms in total. The molecule has 0 saturated carbocycles. The summed E-state index contributed by atoms with van der Waals surface area (Å²) in [6.07, 6.45) is 1.11. The maximum atomic E-state index is 13.1. The SMILES string of the molecule is O=C(Nc1ccccc1)c1ccc(CN2CCCN(Cc3ccc(F)cc3)CC2)cc1. The Kier molecular flexibility index (Phi) is 7.07. The molecule has 5 heteroatoms. The van der Waals surface area contributed by atoms with Gasteiger partial charge in [0.15, 0.2) is 0 Å². The Hall–Kier alpha value is -3.02. The van der Waals surface area contributed by atoms with Crippen LogP contribution in [0.2, 0.25) is 0 Å². The highest BCUT2D eigenvalue weighted by Crippen LogP contribution is 2.14. The van der Waals surface area contributed by atoms with Gasteiger partial charge in [0.1, 0.15) is 5.82 Å². The van der Waals surface area contributed by atoms with Crippen molar-refractivity contribution in [1.82, 2.24) is 9.80 Å². The predicted molar refractivity (Wildman–Crippen MR) is 122 cm³/mol. The molecule has 1 heterocycles. The molecule has 3 aromatic rings. The van der Waals surface area contributed by atoms with Gasteiger partial charge in [-0.15, -0.1) is 0 Å². The molecule has 0 atom stereocenters. The van der Waals surface area contributed by atoms with Gasteiger partial charge in [-0.25, -0.2) is 4.39 Å². The van der Waals surface area contributed by atoms with Crippen molar-refractivity contribution in [3.63, 3.8) is 0 Å². The highest BCUT2D eigenvalue weighted by Gasteiger charge is 2.15. The first-order valence-electron chi connectivity index (χ1n) is 10.8. The minimum atomic E-state index is -0.186. The number of rotatable bonds is 6. The summed E-state index contributed by atoms with van der Waals surface area (Å²) in [5.74, 6) is -0.279. The second-order valence-electron chi connectivity index (χ2n) is 8.05. The van der Waals surface area contributed by atoms with Crippen molar-refractivity contribution in [2.24, 2.45) is 0 Å². The van der Waals surface area contributed by atoms with Crippen LogP contribution in [-0.2, 0) is 13.1 Å². The van der Waals surface area contributed by atoms with Gasteiger partial charge in [0, 0.05) is 37.4 Å². The van der Waals surface area contributed by atoms with Gasteiger partial charge in [0.05, 0.1) is 0 Å². The highest BCUT2D eigenvalue weighted by molar-refractivity contribution is 6.04. The Morgan fingerprint density at radius 3 is 1.87 bits per heavy atom. The molecule has 1 N–H and O–H groups in total. The van der Waals surface area contributed by atoms with E-state index in [2.05, 4.69) is 15.1 Å². The number of amides is 1. The molecule has 0 aliphatic carbocycles. The number of para-hydroxylation sites is 1. The number of nitrogens with one attached hydrogen (secondary N) is 1. The van der Waals surface area contributed by atoms with E-state index in [1.807, 2.05) is 66.7 Å². The monoisotopic (exact) mass is 417 g/mol. The Labute approximate surface area is 183 Å². The van der Waals surface area contributed by atoms with Crippen LogP contribution in [0.15, 0.2) is 78.9 Å². The number of hydrogen-bond donors (Lipinski definition) is 1. The standard InChI is InChI=1S/C26H28FN3O/c27-24-13-9-22(10-14-24)20-30-16-4-15-29(17-18-30)19-21-7-11-23(12-8-21)26(31)28-25-5-2-1-3-6-25/h1-3,5-14H,4,15-20H2,(H,28,31). The van der Waals surface area contributed by atoms with Crippen LogP contribution in [0.3, 0.4) is 0 Å². The molecule has 1 amide bonds. The molecule has 0 bridgehead atoms. The summed E-state index contributed by atoms with van der Waals surface area (Å²) in [6, 6.07) is 24.2. The fraction of sp³-hybridized carbons (Fsp3) is 0.269. The van der Waals surface area contributed by atoms with Crippen molar-refractivity contribution in [2.75, 3.05) is 31.5 Å². The number of halogens is 1. The normalized spacial score (nSPS) is 15.4. The molecule has 3 aromatic carbocycles. The number of benzene rings is 3. The summed E-state index contributed by atoms with van der Waals surface area (Å²) in [4.78, 5) is 17.3. The Morgan fingerprint density at radius 2 is 1.29 bits per heavy atom. The van der Waals surface area contributed by atoms with Gasteiger partial charge in [-0.2, -0.15) is 0 Å². The smallest absolute Gasteiger partial charge is 0.255 e. The molecular weight excluding hydrogens is 389 g/mol. The van der Waals surface area contributed by atoms with Crippen molar-refractivity contribution in [2.45, 2.75) is 19.5 Å². The first kappa shape index (κ1) is 21.2. The molecule has 0 radical (unpaired) electrons. The van der Waals surface area contributed by atoms with Crippen LogP contribution < -0.4 is 5.32 Å². The van der Waals surface area contributed by atoms with E-state index in [1.165, 1.54) is 17.7 Å². The summed E-state index contributed by atoms with van der Waals surface area (Å²) in [7, 11) is 0.